The summed E-state index contributed by atoms with van der Waals surface area (Å²) in [6, 6.07) is 4.70. The number of fused-ring (bicyclic) bond motifs is 1. The second-order valence-corrected chi connectivity index (χ2v) is 5.09. The summed E-state index contributed by atoms with van der Waals surface area (Å²) in [6.07, 6.45) is -1.45. The van der Waals surface area contributed by atoms with E-state index in [0.717, 1.165) is 6.07 Å². The summed E-state index contributed by atoms with van der Waals surface area (Å²) in [7, 11) is 1.35. The fourth-order valence-electron chi connectivity index (χ4n) is 2.46. The van der Waals surface area contributed by atoms with Crippen molar-refractivity contribution in [3.63, 3.8) is 0 Å². The Balaban J connectivity index is 2.12. The summed E-state index contributed by atoms with van der Waals surface area (Å²) in [5.41, 5.74) is -0.385. The van der Waals surface area contributed by atoms with Gasteiger partial charge in [-0.25, -0.2) is 0 Å². The Hall–Kier alpha value is -3.42. The third-order valence-electron chi connectivity index (χ3n) is 3.64. The van der Waals surface area contributed by atoms with Crippen LogP contribution in [0.15, 0.2) is 24.3 Å². The molecule has 8 nitrogen and oxygen atoms in total. The minimum absolute atomic E-state index is 0.138. The molecule has 0 spiro atoms. The van der Waals surface area contributed by atoms with Crippen LogP contribution in [0.5, 0.6) is 34.5 Å². The van der Waals surface area contributed by atoms with Crippen molar-refractivity contribution in [1.29, 1.82) is 0 Å². The summed E-state index contributed by atoms with van der Waals surface area (Å²) >= 11 is 0. The Morgan fingerprint density at radius 2 is 1.71 bits per heavy atom. The highest BCUT2D eigenvalue weighted by Crippen LogP contribution is 2.48. The predicted molar refractivity (Wildman–Crippen MR) is 78.8 cm³/mol. The predicted octanol–water partition coefficient (Wildman–Crippen LogP) is 1.40. The van der Waals surface area contributed by atoms with E-state index in [1.54, 1.807) is 0 Å². The number of carbonyl (C=O) groups excluding carboxylic acids is 2. The third kappa shape index (κ3) is 2.16. The largest absolute Gasteiger partial charge is 0.507 e. The minimum Gasteiger partial charge on any atom is -0.507 e. The molecule has 1 heterocycles. The Morgan fingerprint density at radius 3 is 2.33 bits per heavy atom. The highest BCUT2D eigenvalue weighted by molar-refractivity contribution is 6.47. The number of phenolic OH excluding ortho intramolecular Hbond substituents is 4. The Morgan fingerprint density at radius 1 is 1.00 bits per heavy atom. The first-order valence-electron chi connectivity index (χ1n) is 6.75. The number of ketones is 2. The van der Waals surface area contributed by atoms with Gasteiger partial charge in [0.1, 0.15) is 11.3 Å². The number of hydrogen-bond donors (Lipinski definition) is 4. The molecule has 0 aliphatic carbocycles. The molecule has 0 aromatic heterocycles. The van der Waals surface area contributed by atoms with Crippen LogP contribution in [0.4, 0.5) is 0 Å². The molecular weight excluding hydrogens is 320 g/mol. The van der Waals surface area contributed by atoms with Gasteiger partial charge in [-0.15, -0.1) is 0 Å². The summed E-state index contributed by atoms with van der Waals surface area (Å²) in [5, 5.41) is 38.9. The van der Waals surface area contributed by atoms with Gasteiger partial charge in [-0.1, -0.05) is 6.07 Å². The average Bonchev–Trinajstić information content (AvgIpc) is 2.55. The summed E-state index contributed by atoms with van der Waals surface area (Å²) < 4.78 is 10.2. The van der Waals surface area contributed by atoms with Crippen molar-refractivity contribution in [2.75, 3.05) is 7.11 Å². The Bertz CT molecular complexity index is 871. The molecule has 24 heavy (non-hydrogen) atoms. The van der Waals surface area contributed by atoms with Crippen molar-refractivity contribution >= 4 is 11.6 Å². The maximum absolute atomic E-state index is 12.3. The zero-order chi connectivity index (χ0) is 17.6. The molecule has 0 saturated carbocycles. The second kappa shape index (κ2) is 5.34. The van der Waals surface area contributed by atoms with Gasteiger partial charge >= 0.3 is 0 Å². The highest BCUT2D eigenvalue weighted by atomic mass is 16.5. The quantitative estimate of drug-likeness (QED) is 0.368. The highest BCUT2D eigenvalue weighted by Gasteiger charge is 2.41. The molecule has 1 atom stereocenters. The van der Waals surface area contributed by atoms with Crippen molar-refractivity contribution in [2.45, 2.75) is 6.10 Å². The van der Waals surface area contributed by atoms with Crippen molar-refractivity contribution in [3.05, 3.63) is 35.4 Å². The molecule has 1 aliphatic heterocycles. The van der Waals surface area contributed by atoms with E-state index < -0.39 is 46.2 Å². The van der Waals surface area contributed by atoms with E-state index >= 15 is 0 Å². The van der Waals surface area contributed by atoms with Crippen LogP contribution in [0.3, 0.4) is 0 Å². The van der Waals surface area contributed by atoms with E-state index in [9.17, 15) is 30.0 Å². The lowest BCUT2D eigenvalue weighted by molar-refractivity contribution is -0.122. The van der Waals surface area contributed by atoms with Gasteiger partial charge in [0.15, 0.2) is 29.1 Å². The van der Waals surface area contributed by atoms with Crippen molar-refractivity contribution in [2.24, 2.45) is 0 Å². The van der Waals surface area contributed by atoms with Gasteiger partial charge in [0, 0.05) is 11.6 Å². The van der Waals surface area contributed by atoms with Crippen LogP contribution >= 0.6 is 0 Å². The molecular formula is C16H12O8. The second-order valence-electron chi connectivity index (χ2n) is 5.09. The maximum atomic E-state index is 12.3. The molecule has 4 N–H and O–H groups in total. The minimum atomic E-state index is -1.45. The lowest BCUT2D eigenvalue weighted by Crippen LogP contribution is -2.31. The van der Waals surface area contributed by atoms with Crippen LogP contribution in [0.1, 0.15) is 22.0 Å². The molecule has 1 aliphatic rings. The molecule has 124 valence electrons. The van der Waals surface area contributed by atoms with E-state index in [0.29, 0.717) is 0 Å². The topological polar surface area (TPSA) is 134 Å². The number of carbonyl (C=O) groups is 2. The fraction of sp³-hybridized carbons (Fsp3) is 0.125. The first-order chi connectivity index (χ1) is 11.3. The van der Waals surface area contributed by atoms with Gasteiger partial charge in [-0.3, -0.25) is 9.59 Å². The van der Waals surface area contributed by atoms with Gasteiger partial charge in [-0.2, -0.15) is 0 Å². The monoisotopic (exact) mass is 332 g/mol. The number of Topliss-reactive ketones (excluding diaryl/α,β-unsaturated/α-hetero) is 2. The van der Waals surface area contributed by atoms with Gasteiger partial charge in [0.05, 0.1) is 7.11 Å². The lowest BCUT2D eigenvalue weighted by Gasteiger charge is -2.25. The molecule has 1 unspecified atom stereocenters. The van der Waals surface area contributed by atoms with Crippen LogP contribution in [-0.2, 0) is 4.79 Å². The number of aromatic hydroxyl groups is 4. The van der Waals surface area contributed by atoms with E-state index in [4.69, 9.17) is 9.47 Å². The molecule has 2 aromatic carbocycles. The third-order valence-corrected chi connectivity index (χ3v) is 3.64. The van der Waals surface area contributed by atoms with E-state index in [1.807, 2.05) is 0 Å². The van der Waals surface area contributed by atoms with E-state index in [1.165, 1.54) is 25.3 Å². The van der Waals surface area contributed by atoms with Crippen molar-refractivity contribution in [1.82, 2.24) is 0 Å². The molecule has 0 fully saturated rings. The zero-order valence-electron chi connectivity index (χ0n) is 12.3. The number of benzene rings is 2. The van der Waals surface area contributed by atoms with E-state index in [2.05, 4.69) is 0 Å². The van der Waals surface area contributed by atoms with E-state index in [-0.39, 0.29) is 17.1 Å². The number of methoxy groups -OCH3 is 1. The molecule has 3 rings (SSSR count). The summed E-state index contributed by atoms with van der Waals surface area (Å²) in [5.74, 6) is -4.85. The van der Waals surface area contributed by atoms with Crippen LogP contribution in [0.2, 0.25) is 0 Å². The molecule has 0 amide bonds. The first kappa shape index (κ1) is 15.5. The Labute approximate surface area is 135 Å². The van der Waals surface area contributed by atoms with Crippen LogP contribution in [0, 0.1) is 0 Å². The normalized spacial score (nSPS) is 16.5. The number of hydrogen-bond acceptors (Lipinski definition) is 8. The van der Waals surface area contributed by atoms with Gasteiger partial charge in [-0.05, 0) is 12.1 Å². The standard InChI is InChI=1S/C16H12O8/c1-23-10-3-2-6(4-7(10)17)15-14(22)13(21)11-8(18)5-9(19)12(20)16(11)24-15/h2-5,15,17-20H,1H3. The van der Waals surface area contributed by atoms with Crippen LogP contribution in [-0.4, -0.2) is 39.1 Å². The Kier molecular flexibility index (Phi) is 3.44. The van der Waals surface area contributed by atoms with Crippen LogP contribution in [0.25, 0.3) is 0 Å². The average molecular weight is 332 g/mol. The number of phenols is 4. The van der Waals surface area contributed by atoms with Crippen molar-refractivity contribution in [3.8, 4) is 34.5 Å². The van der Waals surface area contributed by atoms with Crippen molar-refractivity contribution < 1.29 is 39.5 Å². The molecule has 2 aromatic rings. The molecule has 0 saturated heterocycles. The lowest BCUT2D eigenvalue weighted by atomic mass is 9.93. The first-order valence-corrected chi connectivity index (χ1v) is 6.75. The van der Waals surface area contributed by atoms with Gasteiger partial charge in [0.2, 0.25) is 17.3 Å². The zero-order valence-corrected chi connectivity index (χ0v) is 12.3. The smallest absolute Gasteiger partial charge is 0.248 e. The molecule has 8 heteroatoms. The summed E-state index contributed by atoms with van der Waals surface area (Å²) in [6.45, 7) is 0. The molecule has 0 bridgehead atoms. The number of ether oxygens (including phenoxy) is 2. The van der Waals surface area contributed by atoms with Crippen LogP contribution < -0.4 is 9.47 Å². The van der Waals surface area contributed by atoms with Gasteiger partial charge in [0.25, 0.3) is 0 Å². The van der Waals surface area contributed by atoms with Gasteiger partial charge < -0.3 is 29.9 Å². The summed E-state index contributed by atoms with van der Waals surface area (Å²) in [4.78, 5) is 24.5. The number of rotatable bonds is 2. The fourth-order valence-corrected chi connectivity index (χ4v) is 2.46. The maximum Gasteiger partial charge on any atom is 0.248 e. The molecule has 0 radical (unpaired) electrons. The SMILES string of the molecule is COc1ccc(C2Oc3c(O)c(O)cc(O)c3C(=O)C2=O)cc1O.